The SMILES string of the molecule is CCOc1ccc(CC(=O)NCc2cc(C(=O)O)c(C)o2)cc1. The fourth-order valence-corrected chi connectivity index (χ4v) is 2.15. The molecule has 0 radical (unpaired) electrons. The summed E-state index contributed by atoms with van der Waals surface area (Å²) < 4.78 is 10.7. The van der Waals surface area contributed by atoms with Crippen molar-refractivity contribution in [2.45, 2.75) is 26.8 Å². The first-order valence-electron chi connectivity index (χ1n) is 7.30. The van der Waals surface area contributed by atoms with E-state index in [-0.39, 0.29) is 24.4 Å². The van der Waals surface area contributed by atoms with Crippen LogP contribution in [0.5, 0.6) is 5.75 Å². The van der Waals surface area contributed by atoms with E-state index >= 15 is 0 Å². The molecule has 0 saturated carbocycles. The molecule has 0 saturated heterocycles. The van der Waals surface area contributed by atoms with Crippen molar-refractivity contribution >= 4 is 11.9 Å². The molecule has 2 N–H and O–H groups in total. The van der Waals surface area contributed by atoms with Crippen LogP contribution in [0.4, 0.5) is 0 Å². The third-order valence-electron chi connectivity index (χ3n) is 3.26. The second-order valence-electron chi connectivity index (χ2n) is 5.02. The third-order valence-corrected chi connectivity index (χ3v) is 3.26. The number of aryl methyl sites for hydroxylation is 1. The van der Waals surface area contributed by atoms with Crippen molar-refractivity contribution in [3.63, 3.8) is 0 Å². The van der Waals surface area contributed by atoms with Gasteiger partial charge in [0.1, 0.15) is 22.8 Å². The van der Waals surface area contributed by atoms with E-state index in [4.69, 9.17) is 14.3 Å². The van der Waals surface area contributed by atoms with Crippen LogP contribution in [0.15, 0.2) is 34.7 Å². The molecule has 6 heteroatoms. The molecule has 0 unspecified atom stereocenters. The fourth-order valence-electron chi connectivity index (χ4n) is 2.15. The monoisotopic (exact) mass is 317 g/mol. The van der Waals surface area contributed by atoms with Crippen molar-refractivity contribution in [3.05, 3.63) is 53.0 Å². The van der Waals surface area contributed by atoms with Gasteiger partial charge >= 0.3 is 5.97 Å². The molecular weight excluding hydrogens is 298 g/mol. The van der Waals surface area contributed by atoms with Crippen LogP contribution in [0.1, 0.15) is 34.4 Å². The Labute approximate surface area is 134 Å². The Morgan fingerprint density at radius 3 is 2.52 bits per heavy atom. The molecule has 1 aromatic carbocycles. The van der Waals surface area contributed by atoms with E-state index < -0.39 is 5.97 Å². The number of amides is 1. The highest BCUT2D eigenvalue weighted by Crippen LogP contribution is 2.15. The van der Waals surface area contributed by atoms with Crippen molar-refractivity contribution in [1.82, 2.24) is 5.32 Å². The summed E-state index contributed by atoms with van der Waals surface area (Å²) in [6.45, 7) is 4.24. The summed E-state index contributed by atoms with van der Waals surface area (Å²) in [4.78, 5) is 22.9. The standard InChI is InChI=1S/C17H19NO5/c1-3-22-13-6-4-12(5-7-13)8-16(19)18-10-14-9-15(17(20)21)11(2)23-14/h4-7,9H,3,8,10H2,1-2H3,(H,18,19)(H,20,21). The predicted octanol–water partition coefficient (Wildman–Crippen LogP) is 2.54. The summed E-state index contributed by atoms with van der Waals surface area (Å²) in [7, 11) is 0. The predicted molar refractivity (Wildman–Crippen MR) is 83.6 cm³/mol. The fraction of sp³-hybridized carbons (Fsp3) is 0.294. The quantitative estimate of drug-likeness (QED) is 0.819. The van der Waals surface area contributed by atoms with Crippen molar-refractivity contribution in [2.24, 2.45) is 0 Å². The molecule has 122 valence electrons. The zero-order valence-electron chi connectivity index (χ0n) is 13.1. The van der Waals surface area contributed by atoms with Crippen molar-refractivity contribution in [1.29, 1.82) is 0 Å². The minimum absolute atomic E-state index is 0.112. The van der Waals surface area contributed by atoms with E-state index in [1.54, 1.807) is 6.92 Å². The number of carboxylic acids is 1. The first kappa shape index (κ1) is 16.6. The van der Waals surface area contributed by atoms with E-state index in [0.717, 1.165) is 11.3 Å². The lowest BCUT2D eigenvalue weighted by Gasteiger charge is -2.06. The molecule has 6 nitrogen and oxygen atoms in total. The Balaban J connectivity index is 1.87. The Hall–Kier alpha value is -2.76. The lowest BCUT2D eigenvalue weighted by atomic mass is 10.1. The minimum atomic E-state index is -1.04. The Morgan fingerprint density at radius 1 is 1.26 bits per heavy atom. The lowest BCUT2D eigenvalue weighted by molar-refractivity contribution is -0.120. The van der Waals surface area contributed by atoms with Gasteiger partial charge in [0.2, 0.25) is 5.91 Å². The summed E-state index contributed by atoms with van der Waals surface area (Å²) in [6, 6.07) is 8.74. The highest BCUT2D eigenvalue weighted by Gasteiger charge is 2.14. The number of aromatic carboxylic acids is 1. The van der Waals surface area contributed by atoms with Crippen LogP contribution >= 0.6 is 0 Å². The number of hydrogen-bond acceptors (Lipinski definition) is 4. The molecule has 1 amide bonds. The Kier molecular flexibility index (Phi) is 5.41. The van der Waals surface area contributed by atoms with Crippen molar-refractivity contribution in [2.75, 3.05) is 6.61 Å². The van der Waals surface area contributed by atoms with E-state index in [1.165, 1.54) is 6.07 Å². The van der Waals surface area contributed by atoms with Crippen molar-refractivity contribution < 1.29 is 23.8 Å². The van der Waals surface area contributed by atoms with Gasteiger partial charge in [0.15, 0.2) is 0 Å². The number of furan rings is 1. The second-order valence-corrected chi connectivity index (χ2v) is 5.02. The maximum atomic E-state index is 11.9. The van der Waals surface area contributed by atoms with Crippen LogP contribution in [0.3, 0.4) is 0 Å². The maximum absolute atomic E-state index is 11.9. The van der Waals surface area contributed by atoms with Crippen LogP contribution in [0.2, 0.25) is 0 Å². The molecule has 0 atom stereocenters. The molecule has 23 heavy (non-hydrogen) atoms. The Bertz CT molecular complexity index is 688. The highest BCUT2D eigenvalue weighted by atomic mass is 16.5. The highest BCUT2D eigenvalue weighted by molar-refractivity contribution is 5.88. The number of nitrogens with one attached hydrogen (secondary N) is 1. The Morgan fingerprint density at radius 2 is 1.96 bits per heavy atom. The number of ether oxygens (including phenoxy) is 1. The number of carboxylic acid groups (broad SMARTS) is 1. The van der Waals surface area contributed by atoms with Gasteiger partial charge in [-0.25, -0.2) is 4.79 Å². The van der Waals surface area contributed by atoms with Gasteiger partial charge in [-0.05, 0) is 37.6 Å². The zero-order valence-corrected chi connectivity index (χ0v) is 13.1. The number of carbonyl (C=O) groups excluding carboxylic acids is 1. The topological polar surface area (TPSA) is 88.8 Å². The van der Waals surface area contributed by atoms with Gasteiger partial charge in [-0.15, -0.1) is 0 Å². The minimum Gasteiger partial charge on any atom is -0.494 e. The number of rotatable bonds is 7. The van der Waals surface area contributed by atoms with Gasteiger partial charge in [0.05, 0.1) is 19.6 Å². The van der Waals surface area contributed by atoms with Gasteiger partial charge in [-0.3, -0.25) is 4.79 Å². The molecule has 0 bridgehead atoms. The maximum Gasteiger partial charge on any atom is 0.339 e. The first-order chi connectivity index (χ1) is 11.0. The van der Waals surface area contributed by atoms with E-state index in [9.17, 15) is 9.59 Å². The van der Waals surface area contributed by atoms with Crippen LogP contribution in [-0.2, 0) is 17.8 Å². The normalized spacial score (nSPS) is 10.3. The van der Waals surface area contributed by atoms with Gasteiger partial charge in [0.25, 0.3) is 0 Å². The molecule has 1 heterocycles. The summed E-state index contributed by atoms with van der Waals surface area (Å²) in [6.07, 6.45) is 0.234. The summed E-state index contributed by atoms with van der Waals surface area (Å²) in [5, 5.41) is 11.7. The molecular formula is C17H19NO5. The summed E-state index contributed by atoms with van der Waals surface area (Å²) >= 11 is 0. The van der Waals surface area contributed by atoms with Gasteiger partial charge in [0, 0.05) is 0 Å². The molecule has 0 aliphatic rings. The molecule has 0 spiro atoms. The average Bonchev–Trinajstić information content (AvgIpc) is 2.89. The molecule has 2 rings (SSSR count). The zero-order chi connectivity index (χ0) is 16.8. The van der Waals surface area contributed by atoms with Crippen LogP contribution < -0.4 is 10.1 Å². The van der Waals surface area contributed by atoms with E-state index in [1.807, 2.05) is 31.2 Å². The van der Waals surface area contributed by atoms with Crippen LogP contribution in [0, 0.1) is 6.92 Å². The van der Waals surface area contributed by atoms with Gasteiger partial charge < -0.3 is 19.6 Å². The van der Waals surface area contributed by atoms with E-state index in [2.05, 4.69) is 5.32 Å². The second kappa shape index (κ2) is 7.49. The molecule has 0 aliphatic heterocycles. The van der Waals surface area contributed by atoms with Gasteiger partial charge in [-0.1, -0.05) is 12.1 Å². The summed E-state index contributed by atoms with van der Waals surface area (Å²) in [5.41, 5.74) is 0.980. The molecule has 0 fully saturated rings. The molecule has 2 aromatic rings. The van der Waals surface area contributed by atoms with Crippen molar-refractivity contribution in [3.8, 4) is 5.75 Å². The first-order valence-corrected chi connectivity index (χ1v) is 7.30. The number of benzene rings is 1. The number of carbonyl (C=O) groups is 2. The van der Waals surface area contributed by atoms with Crippen LogP contribution in [-0.4, -0.2) is 23.6 Å². The lowest BCUT2D eigenvalue weighted by Crippen LogP contribution is -2.24. The number of hydrogen-bond donors (Lipinski definition) is 2. The van der Waals surface area contributed by atoms with Gasteiger partial charge in [-0.2, -0.15) is 0 Å². The largest absolute Gasteiger partial charge is 0.494 e. The third kappa shape index (κ3) is 4.60. The molecule has 0 aliphatic carbocycles. The average molecular weight is 317 g/mol. The smallest absolute Gasteiger partial charge is 0.339 e. The summed E-state index contributed by atoms with van der Waals surface area (Å²) in [5.74, 6) is 0.301. The van der Waals surface area contributed by atoms with Crippen LogP contribution in [0.25, 0.3) is 0 Å². The molecule has 1 aromatic heterocycles. The van der Waals surface area contributed by atoms with E-state index in [0.29, 0.717) is 18.1 Å².